The highest BCUT2D eigenvalue weighted by Crippen LogP contribution is 2.28. The van der Waals surface area contributed by atoms with Gasteiger partial charge in [-0.25, -0.2) is 0 Å². The highest BCUT2D eigenvalue weighted by molar-refractivity contribution is 5.88. The van der Waals surface area contributed by atoms with E-state index < -0.39 is 0 Å². The smallest absolute Gasteiger partial charge is 0.122 e. The van der Waals surface area contributed by atoms with E-state index in [0.717, 1.165) is 44.5 Å². The molecule has 0 atom stereocenters. The van der Waals surface area contributed by atoms with E-state index in [1.807, 2.05) is 0 Å². The van der Waals surface area contributed by atoms with Crippen molar-refractivity contribution in [3.63, 3.8) is 0 Å². The quantitative estimate of drug-likeness (QED) is 0.113. The average molecular weight is 745 g/mol. The average Bonchev–Trinajstić information content (AvgIpc) is 3.25. The molecule has 0 saturated heterocycles. The van der Waals surface area contributed by atoms with Crippen molar-refractivity contribution in [1.29, 1.82) is 0 Å². The van der Waals surface area contributed by atoms with Gasteiger partial charge < -0.3 is 4.74 Å². The molecule has 8 rings (SSSR count). The molecule has 0 aliphatic heterocycles. The van der Waals surface area contributed by atoms with Crippen LogP contribution in [0.2, 0.25) is 0 Å². The lowest BCUT2D eigenvalue weighted by Crippen LogP contribution is -1.98. The van der Waals surface area contributed by atoms with Crippen molar-refractivity contribution in [2.45, 2.75) is 59.3 Å². The summed E-state index contributed by atoms with van der Waals surface area (Å²) < 4.78 is 5.82. The summed E-state index contributed by atoms with van der Waals surface area (Å²) in [5.74, 6) is 1.02. The fraction of sp³-hybridized carbons (Fsp3) is 0.179. The Bertz CT molecular complexity index is 2230. The van der Waals surface area contributed by atoms with E-state index in [-0.39, 0.29) is 0 Å². The van der Waals surface area contributed by atoms with Crippen molar-refractivity contribution in [1.82, 2.24) is 0 Å². The van der Waals surface area contributed by atoms with E-state index in [4.69, 9.17) is 4.74 Å². The van der Waals surface area contributed by atoms with Gasteiger partial charge >= 0.3 is 0 Å². The lowest BCUT2D eigenvalue weighted by atomic mass is 9.99. The molecule has 0 radical (unpaired) electrons. The first-order valence-corrected chi connectivity index (χ1v) is 20.5. The third-order valence-electron chi connectivity index (χ3n) is 10.2. The number of rotatable bonds is 12. The van der Waals surface area contributed by atoms with Gasteiger partial charge in [-0.3, -0.25) is 0 Å². The molecule has 8 aromatic carbocycles. The zero-order valence-corrected chi connectivity index (χ0v) is 33.9. The van der Waals surface area contributed by atoms with Crippen LogP contribution in [-0.4, -0.2) is 6.61 Å². The molecule has 0 spiro atoms. The topological polar surface area (TPSA) is 9.23 Å². The minimum absolute atomic E-state index is 0.814. The van der Waals surface area contributed by atoms with Gasteiger partial charge in [0.05, 0.1) is 6.61 Å². The van der Waals surface area contributed by atoms with Crippen LogP contribution in [0.1, 0.15) is 75.4 Å². The van der Waals surface area contributed by atoms with Gasteiger partial charge in [-0.15, -0.1) is 0 Å². The first-order valence-electron chi connectivity index (χ1n) is 20.5. The van der Waals surface area contributed by atoms with Crippen LogP contribution >= 0.6 is 0 Å². The zero-order chi connectivity index (χ0) is 39.5. The Hall–Kier alpha value is -6.18. The summed E-state index contributed by atoms with van der Waals surface area (Å²) in [6, 6.07) is 71.2. The lowest BCUT2D eigenvalue weighted by Gasteiger charge is -2.11. The van der Waals surface area contributed by atoms with Crippen LogP contribution < -0.4 is 4.74 Å². The van der Waals surface area contributed by atoms with Crippen LogP contribution in [0.5, 0.6) is 5.75 Å². The van der Waals surface area contributed by atoms with E-state index in [1.54, 1.807) is 0 Å². The van der Waals surface area contributed by atoms with Gasteiger partial charge in [-0.2, -0.15) is 0 Å². The number of hydrogen-bond acceptors (Lipinski definition) is 1. The molecule has 286 valence electrons. The summed E-state index contributed by atoms with van der Waals surface area (Å²) in [7, 11) is 0. The summed E-state index contributed by atoms with van der Waals surface area (Å²) in [6.45, 7) is 7.26. The third-order valence-corrected chi connectivity index (χ3v) is 10.2. The van der Waals surface area contributed by atoms with Crippen molar-refractivity contribution < 1.29 is 4.74 Å². The van der Waals surface area contributed by atoms with E-state index >= 15 is 0 Å². The number of fused-ring (bicyclic) bond motifs is 1. The van der Waals surface area contributed by atoms with Crippen LogP contribution in [0.25, 0.3) is 10.8 Å². The summed E-state index contributed by atoms with van der Waals surface area (Å²) in [5.41, 5.74) is 13.5. The first-order chi connectivity index (χ1) is 28.0. The van der Waals surface area contributed by atoms with Crippen LogP contribution in [0, 0.1) is 13.8 Å². The molecule has 0 unspecified atom stereocenters. The standard InChI is InChI=1S/2C20H18.C16H20O/c1-3-8-17(9-4-1)14-19-12-7-13-20(16-19)15-18-10-5-2-6-11-18;1-3-7-17(8-4-1)15-19-11-13-20(14-12-19)16-18-9-5-2-6-10-18;1-4-5-10-17-16-9-7-14-11-12(2)6-8-15(14)13(16)3/h1-13,16H,14-15H2;1-14H,15-16H2;6-9,11H,4-5,10H2,1-3H3. The predicted molar refractivity (Wildman–Crippen MR) is 244 cm³/mol. The summed E-state index contributed by atoms with van der Waals surface area (Å²) in [5, 5.41) is 2.59. The molecule has 0 aliphatic carbocycles. The Morgan fingerprint density at radius 2 is 0.772 bits per heavy atom. The van der Waals surface area contributed by atoms with Gasteiger partial charge in [0, 0.05) is 0 Å². The fourth-order valence-corrected chi connectivity index (χ4v) is 7.02. The molecule has 0 aromatic heterocycles. The Labute approximate surface area is 341 Å². The predicted octanol–water partition coefficient (Wildman–Crippen LogP) is 14.4. The molecule has 0 heterocycles. The second-order valence-electron chi connectivity index (χ2n) is 14.9. The van der Waals surface area contributed by atoms with Gasteiger partial charge in [0.15, 0.2) is 0 Å². The van der Waals surface area contributed by atoms with E-state index in [0.29, 0.717) is 0 Å². The van der Waals surface area contributed by atoms with E-state index in [2.05, 4.69) is 221 Å². The first kappa shape index (κ1) is 40.5. The zero-order valence-electron chi connectivity index (χ0n) is 33.9. The van der Waals surface area contributed by atoms with Gasteiger partial charge in [-0.05, 0) is 113 Å². The molecule has 0 bridgehead atoms. The largest absolute Gasteiger partial charge is 0.493 e. The Kier molecular flexibility index (Phi) is 15.5. The minimum atomic E-state index is 0.814. The monoisotopic (exact) mass is 744 g/mol. The molecule has 0 fully saturated rings. The fourth-order valence-electron chi connectivity index (χ4n) is 7.02. The molecular weight excluding hydrogens is 689 g/mol. The highest BCUT2D eigenvalue weighted by Gasteiger charge is 2.05. The van der Waals surface area contributed by atoms with Crippen molar-refractivity contribution in [2.75, 3.05) is 6.61 Å². The molecule has 8 aromatic rings. The molecule has 0 N–H and O–H groups in total. The maximum atomic E-state index is 5.82. The van der Waals surface area contributed by atoms with Gasteiger partial charge in [0.1, 0.15) is 5.75 Å². The third kappa shape index (κ3) is 13.2. The van der Waals surface area contributed by atoms with E-state index in [1.165, 1.54) is 72.8 Å². The van der Waals surface area contributed by atoms with Crippen LogP contribution in [0.15, 0.2) is 200 Å². The van der Waals surface area contributed by atoms with Crippen LogP contribution in [0.4, 0.5) is 0 Å². The maximum Gasteiger partial charge on any atom is 0.122 e. The van der Waals surface area contributed by atoms with Crippen molar-refractivity contribution in [2.24, 2.45) is 0 Å². The Morgan fingerprint density at radius 1 is 0.368 bits per heavy atom. The second kappa shape index (κ2) is 21.8. The SMILES string of the molecule is CCCCOc1ccc2cc(C)ccc2c1C.c1ccc(Cc2ccc(Cc3ccccc3)cc2)cc1.c1ccc(Cc2cccc(Cc3ccccc3)c2)cc1. The summed E-state index contributed by atoms with van der Waals surface area (Å²) in [6.07, 6.45) is 6.31. The molecule has 0 saturated carbocycles. The Balaban J connectivity index is 0.000000145. The lowest BCUT2D eigenvalue weighted by molar-refractivity contribution is 0.308. The number of aryl methyl sites for hydroxylation is 2. The van der Waals surface area contributed by atoms with Gasteiger partial charge in [-0.1, -0.05) is 213 Å². The summed E-state index contributed by atoms with van der Waals surface area (Å²) >= 11 is 0. The normalized spacial score (nSPS) is 10.5. The molecule has 1 heteroatoms. The van der Waals surface area contributed by atoms with Gasteiger partial charge in [0.2, 0.25) is 0 Å². The number of unbranched alkanes of at least 4 members (excludes halogenated alkanes) is 1. The molecule has 0 aliphatic rings. The molecule has 0 amide bonds. The molecule has 1 nitrogen and oxygen atoms in total. The number of ether oxygens (including phenoxy) is 1. The second-order valence-corrected chi connectivity index (χ2v) is 14.9. The minimum Gasteiger partial charge on any atom is -0.493 e. The van der Waals surface area contributed by atoms with Gasteiger partial charge in [0.25, 0.3) is 0 Å². The summed E-state index contributed by atoms with van der Waals surface area (Å²) in [4.78, 5) is 0. The molecular formula is C56H56O. The number of hydrogen-bond donors (Lipinski definition) is 0. The van der Waals surface area contributed by atoms with Crippen LogP contribution in [0.3, 0.4) is 0 Å². The number of benzene rings is 8. The molecule has 57 heavy (non-hydrogen) atoms. The highest BCUT2D eigenvalue weighted by atomic mass is 16.5. The van der Waals surface area contributed by atoms with Crippen molar-refractivity contribution in [3.8, 4) is 5.75 Å². The van der Waals surface area contributed by atoms with E-state index in [9.17, 15) is 0 Å². The van der Waals surface area contributed by atoms with Crippen molar-refractivity contribution in [3.05, 3.63) is 256 Å². The maximum absolute atomic E-state index is 5.82. The van der Waals surface area contributed by atoms with Crippen molar-refractivity contribution >= 4 is 10.8 Å². The van der Waals surface area contributed by atoms with Crippen LogP contribution in [-0.2, 0) is 25.7 Å². The Morgan fingerprint density at radius 3 is 1.21 bits per heavy atom.